The summed E-state index contributed by atoms with van der Waals surface area (Å²) >= 11 is 3.30. The first kappa shape index (κ1) is 17.2. The number of amides is 1. The maximum Gasteiger partial charge on any atom is 0.338 e. The van der Waals surface area contributed by atoms with Crippen molar-refractivity contribution in [2.24, 2.45) is 0 Å². The summed E-state index contributed by atoms with van der Waals surface area (Å²) in [6.45, 7) is 3.44. The summed E-state index contributed by atoms with van der Waals surface area (Å²) in [4.78, 5) is 24.2. The minimum atomic E-state index is -0.864. The van der Waals surface area contributed by atoms with Gasteiger partial charge in [0, 0.05) is 4.47 Å². The Labute approximate surface area is 144 Å². The van der Waals surface area contributed by atoms with Crippen LogP contribution >= 0.6 is 15.9 Å². The third kappa shape index (κ3) is 4.93. The molecule has 2 atom stereocenters. The number of halogens is 1. The number of nitrogens with one attached hydrogen (secondary N) is 1. The molecule has 0 fully saturated rings. The van der Waals surface area contributed by atoms with E-state index in [0.29, 0.717) is 5.56 Å². The highest BCUT2D eigenvalue weighted by atomic mass is 79.9. The van der Waals surface area contributed by atoms with Crippen molar-refractivity contribution in [1.29, 1.82) is 0 Å². The lowest BCUT2D eigenvalue weighted by Crippen LogP contribution is -2.37. The average molecular weight is 376 g/mol. The standard InChI is InChI=1S/C18H18BrNO3/c1-12(14-6-4-3-5-7-14)20-17(21)13(2)23-18(22)15-8-10-16(19)11-9-15/h3-13H,1-2H3,(H,20,21). The molecule has 0 bridgehead atoms. The lowest BCUT2D eigenvalue weighted by atomic mass is 10.1. The predicted octanol–water partition coefficient (Wildman–Crippen LogP) is 3.87. The van der Waals surface area contributed by atoms with Crippen LogP contribution in [0.4, 0.5) is 0 Å². The Bertz CT molecular complexity index is 670. The fourth-order valence-corrected chi connectivity index (χ4v) is 2.29. The van der Waals surface area contributed by atoms with Gasteiger partial charge in [-0.15, -0.1) is 0 Å². The van der Waals surface area contributed by atoms with Crippen LogP contribution < -0.4 is 5.32 Å². The number of ether oxygens (including phenoxy) is 1. The molecule has 0 aliphatic rings. The highest BCUT2D eigenvalue weighted by Gasteiger charge is 2.20. The van der Waals surface area contributed by atoms with Crippen LogP contribution in [0, 0.1) is 0 Å². The number of carbonyl (C=O) groups is 2. The van der Waals surface area contributed by atoms with Gasteiger partial charge in [-0.3, -0.25) is 4.79 Å². The van der Waals surface area contributed by atoms with Crippen LogP contribution in [0.1, 0.15) is 35.8 Å². The van der Waals surface area contributed by atoms with Crippen LogP contribution in [0.15, 0.2) is 59.1 Å². The smallest absolute Gasteiger partial charge is 0.338 e. The third-order valence-corrected chi connectivity index (χ3v) is 3.92. The summed E-state index contributed by atoms with van der Waals surface area (Å²) in [5.41, 5.74) is 1.40. The quantitative estimate of drug-likeness (QED) is 0.806. The molecular weight excluding hydrogens is 358 g/mol. The van der Waals surface area contributed by atoms with Gasteiger partial charge in [-0.05, 0) is 43.7 Å². The van der Waals surface area contributed by atoms with Crippen LogP contribution in [0.3, 0.4) is 0 Å². The minimum absolute atomic E-state index is 0.155. The Morgan fingerprint density at radius 1 is 1.00 bits per heavy atom. The van der Waals surface area contributed by atoms with Crippen molar-refractivity contribution in [3.8, 4) is 0 Å². The van der Waals surface area contributed by atoms with Crippen LogP contribution in [-0.2, 0) is 9.53 Å². The molecule has 0 aromatic heterocycles. The van der Waals surface area contributed by atoms with Gasteiger partial charge in [-0.1, -0.05) is 46.3 Å². The molecule has 120 valence electrons. The van der Waals surface area contributed by atoms with Gasteiger partial charge < -0.3 is 10.1 Å². The van der Waals surface area contributed by atoms with E-state index in [1.165, 1.54) is 0 Å². The maximum absolute atomic E-state index is 12.2. The Morgan fingerprint density at radius 2 is 1.61 bits per heavy atom. The molecule has 5 heteroatoms. The van der Waals surface area contributed by atoms with Gasteiger partial charge in [0.1, 0.15) is 0 Å². The van der Waals surface area contributed by atoms with Crippen LogP contribution in [0.2, 0.25) is 0 Å². The van der Waals surface area contributed by atoms with Gasteiger partial charge in [-0.25, -0.2) is 4.79 Å². The zero-order valence-corrected chi connectivity index (χ0v) is 14.5. The van der Waals surface area contributed by atoms with Crippen LogP contribution in [0.5, 0.6) is 0 Å². The summed E-state index contributed by atoms with van der Waals surface area (Å²) in [6.07, 6.45) is -0.864. The largest absolute Gasteiger partial charge is 0.449 e. The van der Waals surface area contributed by atoms with Crippen molar-refractivity contribution in [3.05, 3.63) is 70.2 Å². The molecule has 0 aliphatic heterocycles. The molecule has 2 unspecified atom stereocenters. The lowest BCUT2D eigenvalue weighted by molar-refractivity contribution is -0.129. The summed E-state index contributed by atoms with van der Waals surface area (Å²) in [5.74, 6) is -0.848. The number of hydrogen-bond donors (Lipinski definition) is 1. The number of carbonyl (C=O) groups excluding carboxylic acids is 2. The highest BCUT2D eigenvalue weighted by Crippen LogP contribution is 2.14. The molecule has 0 spiro atoms. The molecule has 1 N–H and O–H groups in total. The second-order valence-corrected chi connectivity index (χ2v) is 6.11. The molecule has 0 heterocycles. The number of rotatable bonds is 5. The zero-order valence-electron chi connectivity index (χ0n) is 13.0. The molecule has 1 amide bonds. The molecule has 2 rings (SSSR count). The lowest BCUT2D eigenvalue weighted by Gasteiger charge is -2.18. The van der Waals surface area contributed by atoms with E-state index in [9.17, 15) is 9.59 Å². The third-order valence-electron chi connectivity index (χ3n) is 3.39. The van der Waals surface area contributed by atoms with Gasteiger partial charge in [0.15, 0.2) is 6.10 Å². The van der Waals surface area contributed by atoms with Gasteiger partial charge in [0.25, 0.3) is 5.91 Å². The van der Waals surface area contributed by atoms with Crippen molar-refractivity contribution < 1.29 is 14.3 Å². The van der Waals surface area contributed by atoms with Crippen molar-refractivity contribution in [2.45, 2.75) is 26.0 Å². The second-order valence-electron chi connectivity index (χ2n) is 5.20. The van der Waals surface area contributed by atoms with Gasteiger partial charge in [0.05, 0.1) is 11.6 Å². The van der Waals surface area contributed by atoms with Gasteiger partial charge >= 0.3 is 5.97 Å². The number of benzene rings is 2. The molecule has 2 aromatic rings. The van der Waals surface area contributed by atoms with E-state index < -0.39 is 12.1 Å². The average Bonchev–Trinajstić information content (AvgIpc) is 2.56. The Balaban J connectivity index is 1.92. The van der Waals surface area contributed by atoms with Gasteiger partial charge in [0.2, 0.25) is 0 Å². The monoisotopic (exact) mass is 375 g/mol. The predicted molar refractivity (Wildman–Crippen MR) is 92.0 cm³/mol. The van der Waals surface area contributed by atoms with E-state index in [2.05, 4.69) is 21.2 Å². The van der Waals surface area contributed by atoms with E-state index in [4.69, 9.17) is 4.74 Å². The first-order valence-corrected chi connectivity index (χ1v) is 8.08. The van der Waals surface area contributed by atoms with E-state index >= 15 is 0 Å². The maximum atomic E-state index is 12.2. The first-order valence-electron chi connectivity index (χ1n) is 7.29. The van der Waals surface area contributed by atoms with Crippen molar-refractivity contribution in [2.75, 3.05) is 0 Å². The molecule has 0 aliphatic carbocycles. The molecule has 4 nitrogen and oxygen atoms in total. The molecule has 2 aromatic carbocycles. The molecule has 0 saturated heterocycles. The topological polar surface area (TPSA) is 55.4 Å². The SMILES string of the molecule is CC(OC(=O)c1ccc(Br)cc1)C(=O)NC(C)c1ccccc1. The van der Waals surface area contributed by atoms with E-state index in [-0.39, 0.29) is 11.9 Å². The van der Waals surface area contributed by atoms with Crippen LogP contribution in [0.25, 0.3) is 0 Å². The van der Waals surface area contributed by atoms with E-state index in [1.54, 1.807) is 31.2 Å². The fraction of sp³-hybridized carbons (Fsp3) is 0.222. The molecular formula is C18H18BrNO3. The summed E-state index contributed by atoms with van der Waals surface area (Å²) in [7, 11) is 0. The number of hydrogen-bond acceptors (Lipinski definition) is 3. The normalized spacial score (nSPS) is 13.0. The minimum Gasteiger partial charge on any atom is -0.449 e. The van der Waals surface area contributed by atoms with E-state index in [0.717, 1.165) is 10.0 Å². The van der Waals surface area contributed by atoms with Gasteiger partial charge in [-0.2, -0.15) is 0 Å². The Morgan fingerprint density at radius 3 is 2.22 bits per heavy atom. The van der Waals surface area contributed by atoms with Crippen molar-refractivity contribution in [1.82, 2.24) is 5.32 Å². The Kier molecular flexibility index (Phi) is 5.93. The highest BCUT2D eigenvalue weighted by molar-refractivity contribution is 9.10. The number of esters is 1. The van der Waals surface area contributed by atoms with Crippen LogP contribution in [-0.4, -0.2) is 18.0 Å². The summed E-state index contributed by atoms with van der Waals surface area (Å²) in [6, 6.07) is 16.2. The summed E-state index contributed by atoms with van der Waals surface area (Å²) in [5, 5.41) is 2.84. The molecule has 0 saturated carbocycles. The second kappa shape index (κ2) is 7.92. The fourth-order valence-electron chi connectivity index (χ4n) is 2.02. The zero-order chi connectivity index (χ0) is 16.8. The van der Waals surface area contributed by atoms with Crippen molar-refractivity contribution in [3.63, 3.8) is 0 Å². The first-order chi connectivity index (χ1) is 11.0. The molecule has 23 heavy (non-hydrogen) atoms. The van der Waals surface area contributed by atoms with E-state index in [1.807, 2.05) is 37.3 Å². The summed E-state index contributed by atoms with van der Waals surface area (Å²) < 4.78 is 6.08. The Hall–Kier alpha value is -2.14. The molecule has 0 radical (unpaired) electrons. The van der Waals surface area contributed by atoms with Crippen molar-refractivity contribution >= 4 is 27.8 Å².